The Labute approximate surface area is 129 Å². The van der Waals surface area contributed by atoms with Crippen LogP contribution >= 0.6 is 11.6 Å². The number of hydrogen-bond donors (Lipinski definition) is 1. The molecule has 2 nitrogen and oxygen atoms in total. The molecule has 0 aliphatic carbocycles. The van der Waals surface area contributed by atoms with E-state index in [0.29, 0.717) is 12.3 Å². The van der Waals surface area contributed by atoms with Crippen molar-refractivity contribution in [3.05, 3.63) is 78.1 Å². The van der Waals surface area contributed by atoms with E-state index in [1.165, 1.54) is 0 Å². The van der Waals surface area contributed by atoms with Gasteiger partial charge in [-0.05, 0) is 29.0 Å². The number of benzene rings is 2. The van der Waals surface area contributed by atoms with Crippen molar-refractivity contribution in [2.45, 2.75) is 12.0 Å². The van der Waals surface area contributed by atoms with Crippen molar-refractivity contribution in [3.8, 4) is 0 Å². The van der Waals surface area contributed by atoms with Gasteiger partial charge >= 0.3 is 0 Å². The number of alkyl halides is 1. The summed E-state index contributed by atoms with van der Waals surface area (Å²) in [6.45, 7) is 0. The van der Waals surface area contributed by atoms with Gasteiger partial charge in [-0.25, -0.2) is 0 Å². The van der Waals surface area contributed by atoms with Crippen LogP contribution in [0.4, 0.5) is 0 Å². The molecule has 1 unspecified atom stereocenters. The van der Waals surface area contributed by atoms with Crippen molar-refractivity contribution in [3.63, 3.8) is 0 Å². The highest BCUT2D eigenvalue weighted by Crippen LogP contribution is 2.37. The van der Waals surface area contributed by atoms with Crippen molar-refractivity contribution in [2.75, 3.05) is 5.88 Å². The molecule has 1 aromatic heterocycles. The van der Waals surface area contributed by atoms with E-state index in [1.54, 1.807) is 12.4 Å². The first-order valence-corrected chi connectivity index (χ1v) is 7.46. The molecule has 2 aromatic carbocycles. The molecule has 0 radical (unpaired) electrons. The average Bonchev–Trinajstić information content (AvgIpc) is 2.55. The van der Waals surface area contributed by atoms with Crippen LogP contribution in [0.15, 0.2) is 67.0 Å². The summed E-state index contributed by atoms with van der Waals surface area (Å²) in [6, 6.07) is 17.5. The van der Waals surface area contributed by atoms with Gasteiger partial charge in [0.15, 0.2) is 0 Å². The fraction of sp³-hybridized carbons (Fsp3) is 0.167. The Morgan fingerprint density at radius 3 is 2.57 bits per heavy atom. The maximum absolute atomic E-state index is 11.3. The molecule has 1 N–H and O–H groups in total. The first kappa shape index (κ1) is 14.1. The maximum atomic E-state index is 11.3. The van der Waals surface area contributed by atoms with E-state index in [-0.39, 0.29) is 0 Å². The van der Waals surface area contributed by atoms with Crippen LogP contribution in [0, 0.1) is 0 Å². The number of pyridine rings is 1. The number of hydrogen-bond acceptors (Lipinski definition) is 2. The smallest absolute Gasteiger partial charge is 0.116 e. The summed E-state index contributed by atoms with van der Waals surface area (Å²) in [5.41, 5.74) is 0.591. The number of aromatic nitrogens is 1. The zero-order valence-corrected chi connectivity index (χ0v) is 12.3. The third kappa shape index (κ3) is 2.53. The minimum Gasteiger partial charge on any atom is -0.380 e. The second-order valence-corrected chi connectivity index (χ2v) is 5.45. The summed E-state index contributed by atoms with van der Waals surface area (Å²) in [7, 11) is 0. The minimum absolute atomic E-state index is 0.377. The number of rotatable bonds is 4. The molecule has 3 rings (SSSR count). The molecule has 3 aromatic rings. The fourth-order valence-electron chi connectivity index (χ4n) is 2.76. The van der Waals surface area contributed by atoms with Crippen molar-refractivity contribution in [1.29, 1.82) is 0 Å². The van der Waals surface area contributed by atoms with Crippen LogP contribution in [0.1, 0.15) is 17.5 Å². The zero-order chi connectivity index (χ0) is 14.7. The molecule has 1 atom stereocenters. The molecule has 106 valence electrons. The van der Waals surface area contributed by atoms with Crippen molar-refractivity contribution in [1.82, 2.24) is 4.98 Å². The van der Waals surface area contributed by atoms with Crippen molar-refractivity contribution < 1.29 is 5.11 Å². The standard InChI is InChI=1S/C18H16ClNO/c19-11-10-18(21,15-6-2-1-3-7-15)17-8-4-5-14-9-12-20-13-16(14)17/h1-9,12-13,21H,10-11H2. The minimum atomic E-state index is -1.11. The Balaban J connectivity index is 2.25. The van der Waals surface area contributed by atoms with Gasteiger partial charge in [-0.2, -0.15) is 0 Å². The molecule has 0 aliphatic rings. The summed E-state index contributed by atoms with van der Waals surface area (Å²) in [4.78, 5) is 4.20. The van der Waals surface area contributed by atoms with Crippen LogP contribution in [-0.4, -0.2) is 16.0 Å². The van der Waals surface area contributed by atoms with E-state index in [9.17, 15) is 5.11 Å². The molecule has 1 heterocycles. The van der Waals surface area contributed by atoms with E-state index < -0.39 is 5.60 Å². The summed E-state index contributed by atoms with van der Waals surface area (Å²) in [5, 5.41) is 13.4. The van der Waals surface area contributed by atoms with Crippen LogP contribution in [0.25, 0.3) is 10.8 Å². The summed E-state index contributed by atoms with van der Waals surface area (Å²) in [6.07, 6.45) is 4.01. The van der Waals surface area contributed by atoms with Gasteiger partial charge in [-0.1, -0.05) is 48.5 Å². The average molecular weight is 298 g/mol. The number of aliphatic hydroxyl groups is 1. The van der Waals surface area contributed by atoms with E-state index in [1.807, 2.05) is 54.6 Å². The number of halogens is 1. The third-order valence-electron chi connectivity index (χ3n) is 3.84. The largest absolute Gasteiger partial charge is 0.380 e. The lowest BCUT2D eigenvalue weighted by atomic mass is 9.82. The highest BCUT2D eigenvalue weighted by molar-refractivity contribution is 6.17. The quantitative estimate of drug-likeness (QED) is 0.736. The molecule has 0 aliphatic heterocycles. The molecule has 0 saturated carbocycles. The first-order valence-electron chi connectivity index (χ1n) is 6.93. The van der Waals surface area contributed by atoms with E-state index in [4.69, 9.17) is 11.6 Å². The molecular formula is C18H16ClNO. The Bertz CT molecular complexity index is 739. The highest BCUT2D eigenvalue weighted by atomic mass is 35.5. The van der Waals surface area contributed by atoms with E-state index >= 15 is 0 Å². The van der Waals surface area contributed by atoms with Crippen LogP contribution in [0.2, 0.25) is 0 Å². The van der Waals surface area contributed by atoms with Gasteiger partial charge in [0, 0.05) is 23.7 Å². The van der Waals surface area contributed by atoms with Crippen LogP contribution < -0.4 is 0 Å². The van der Waals surface area contributed by atoms with Gasteiger partial charge < -0.3 is 5.11 Å². The maximum Gasteiger partial charge on any atom is 0.116 e. The number of fused-ring (bicyclic) bond motifs is 1. The van der Waals surface area contributed by atoms with Crippen LogP contribution in [0.3, 0.4) is 0 Å². The predicted molar refractivity (Wildman–Crippen MR) is 86.5 cm³/mol. The lowest BCUT2D eigenvalue weighted by Crippen LogP contribution is -2.28. The van der Waals surface area contributed by atoms with Gasteiger partial charge in [0.1, 0.15) is 5.60 Å². The molecule has 0 fully saturated rings. The second kappa shape index (κ2) is 5.84. The number of nitrogens with zero attached hydrogens (tertiary/aromatic N) is 1. The molecule has 0 amide bonds. The fourth-order valence-corrected chi connectivity index (χ4v) is 3.03. The van der Waals surface area contributed by atoms with Gasteiger partial charge in [0.2, 0.25) is 0 Å². The van der Waals surface area contributed by atoms with Gasteiger partial charge in [-0.15, -0.1) is 11.6 Å². The lowest BCUT2D eigenvalue weighted by molar-refractivity contribution is 0.0790. The molecular weight excluding hydrogens is 282 g/mol. The molecule has 0 saturated heterocycles. The van der Waals surface area contributed by atoms with E-state index in [2.05, 4.69) is 4.98 Å². The summed E-state index contributed by atoms with van der Waals surface area (Å²) < 4.78 is 0. The van der Waals surface area contributed by atoms with Crippen molar-refractivity contribution in [2.24, 2.45) is 0 Å². The normalized spacial score (nSPS) is 14.0. The molecule has 0 spiro atoms. The zero-order valence-electron chi connectivity index (χ0n) is 11.5. The lowest BCUT2D eigenvalue weighted by Gasteiger charge is -2.30. The van der Waals surface area contributed by atoms with Gasteiger partial charge in [0.25, 0.3) is 0 Å². The second-order valence-electron chi connectivity index (χ2n) is 5.07. The Kier molecular flexibility index (Phi) is 3.91. The van der Waals surface area contributed by atoms with E-state index in [0.717, 1.165) is 21.9 Å². The predicted octanol–water partition coefficient (Wildman–Crippen LogP) is 4.10. The SMILES string of the molecule is OC(CCCl)(c1ccccc1)c1cccc2ccncc12. The van der Waals surface area contributed by atoms with Crippen LogP contribution in [-0.2, 0) is 5.60 Å². The van der Waals surface area contributed by atoms with Crippen LogP contribution in [0.5, 0.6) is 0 Å². The third-order valence-corrected chi connectivity index (χ3v) is 4.03. The Morgan fingerprint density at radius 1 is 1.00 bits per heavy atom. The van der Waals surface area contributed by atoms with Gasteiger partial charge in [-0.3, -0.25) is 4.98 Å². The monoisotopic (exact) mass is 297 g/mol. The summed E-state index contributed by atoms with van der Waals surface area (Å²) in [5.74, 6) is 0.377. The Hall–Kier alpha value is -1.90. The Morgan fingerprint density at radius 2 is 1.81 bits per heavy atom. The van der Waals surface area contributed by atoms with Gasteiger partial charge in [0.05, 0.1) is 0 Å². The summed E-state index contributed by atoms with van der Waals surface area (Å²) >= 11 is 5.96. The van der Waals surface area contributed by atoms with Crippen molar-refractivity contribution >= 4 is 22.4 Å². The topological polar surface area (TPSA) is 33.1 Å². The molecule has 0 bridgehead atoms. The highest BCUT2D eigenvalue weighted by Gasteiger charge is 2.32. The molecule has 21 heavy (non-hydrogen) atoms. The first-order chi connectivity index (χ1) is 10.3. The molecule has 3 heteroatoms.